The third-order valence-electron chi connectivity index (χ3n) is 0.365. The molecule has 10 heavy (non-hydrogen) atoms. The van der Waals surface area contributed by atoms with Crippen molar-refractivity contribution >= 4 is 11.7 Å². The molecular weight excluding hydrogens is 128 g/mol. The van der Waals surface area contributed by atoms with E-state index in [1.54, 1.807) is 0 Å². The second kappa shape index (κ2) is 7.94. The lowest BCUT2D eigenvalue weighted by atomic mass is 10.5. The van der Waals surface area contributed by atoms with Gasteiger partial charge in [0.2, 0.25) is 5.96 Å². The number of guanidine groups is 1. The van der Waals surface area contributed by atoms with Gasteiger partial charge >= 0.3 is 0 Å². The minimum atomic E-state index is -0.00815. The lowest BCUT2D eigenvalue weighted by Gasteiger charge is -1.83. The molecule has 0 bridgehead atoms. The first-order chi connectivity index (χ1) is 4.63. The summed E-state index contributed by atoms with van der Waals surface area (Å²) in [7, 11) is 0. The molecule has 0 amide bonds. The number of rotatable bonds is 1. The van der Waals surface area contributed by atoms with Crippen molar-refractivity contribution in [3.8, 4) is 0 Å². The summed E-state index contributed by atoms with van der Waals surface area (Å²) in [5, 5.41) is 6.96. The molecule has 0 fully saturated rings. The zero-order valence-electron chi connectivity index (χ0n) is 7.05. The first-order valence-corrected chi connectivity index (χ1v) is 3.22. The van der Waals surface area contributed by atoms with Gasteiger partial charge < -0.3 is 11.5 Å². The molecule has 0 saturated carbocycles. The summed E-state index contributed by atoms with van der Waals surface area (Å²) in [6.07, 6.45) is 0. The average molecular weight is 144 g/mol. The second-order valence-electron chi connectivity index (χ2n) is 1.57. The molecule has 0 unspecified atom stereocenters. The molecule has 0 saturated heterocycles. The Morgan fingerprint density at radius 1 is 1.00 bits per heavy atom. The fourth-order valence-electron chi connectivity index (χ4n) is 0.158. The summed E-state index contributed by atoms with van der Waals surface area (Å²) >= 11 is 0. The summed E-state index contributed by atoms with van der Waals surface area (Å²) in [5.41, 5.74) is 10.8. The minimum absolute atomic E-state index is 0.00815. The predicted octanol–water partition coefficient (Wildman–Crippen LogP) is 0.682. The van der Waals surface area contributed by atoms with Crippen LogP contribution in [0.25, 0.3) is 0 Å². The molecule has 0 heterocycles. The lowest BCUT2D eigenvalue weighted by molar-refractivity contribution is 1.19. The summed E-state index contributed by atoms with van der Waals surface area (Å²) in [5.74, 6) is -0.00815. The van der Waals surface area contributed by atoms with Gasteiger partial charge in [-0.05, 0) is 13.8 Å². The van der Waals surface area contributed by atoms with Gasteiger partial charge in [-0.1, -0.05) is 13.8 Å². The number of hydrogen-bond donors (Lipinski definition) is 2. The fraction of sp³-hybridized carbons (Fsp3) is 0.667. The van der Waals surface area contributed by atoms with Crippen molar-refractivity contribution in [3.05, 3.63) is 0 Å². The lowest BCUT2D eigenvalue weighted by Crippen LogP contribution is -2.21. The molecule has 0 aromatic heterocycles. The summed E-state index contributed by atoms with van der Waals surface area (Å²) in [6.45, 7) is 7.62. The van der Waals surface area contributed by atoms with E-state index in [0.29, 0.717) is 0 Å². The molecule has 0 aromatic rings. The third kappa shape index (κ3) is 15.8. The smallest absolute Gasteiger partial charge is 0.211 e. The van der Waals surface area contributed by atoms with Gasteiger partial charge in [0.25, 0.3) is 0 Å². The standard InChI is InChI=1S/C4H10N4.C2H6/c1-3(2)7-8-4(5)6;1-2/h1-2H3,(H4,5,6,8);1-2H3. The van der Waals surface area contributed by atoms with Crippen molar-refractivity contribution in [2.75, 3.05) is 0 Å². The SMILES string of the molecule is CC.CC(C)=NN=C(N)N. The Balaban J connectivity index is 0. The quantitative estimate of drug-likeness (QED) is 0.322. The summed E-state index contributed by atoms with van der Waals surface area (Å²) < 4.78 is 0. The van der Waals surface area contributed by atoms with Crippen molar-refractivity contribution < 1.29 is 0 Å². The van der Waals surface area contributed by atoms with Crippen LogP contribution in [0.1, 0.15) is 27.7 Å². The van der Waals surface area contributed by atoms with Gasteiger partial charge in [0, 0.05) is 5.71 Å². The molecular formula is C6H16N4. The fourth-order valence-corrected chi connectivity index (χ4v) is 0.158. The van der Waals surface area contributed by atoms with Crippen LogP contribution in [0.4, 0.5) is 0 Å². The van der Waals surface area contributed by atoms with E-state index in [1.807, 2.05) is 27.7 Å². The van der Waals surface area contributed by atoms with Crippen LogP contribution < -0.4 is 11.5 Å². The van der Waals surface area contributed by atoms with E-state index in [2.05, 4.69) is 10.2 Å². The van der Waals surface area contributed by atoms with Gasteiger partial charge in [0.05, 0.1) is 0 Å². The average Bonchev–Trinajstić information content (AvgIpc) is 1.89. The van der Waals surface area contributed by atoms with E-state index in [4.69, 9.17) is 11.5 Å². The Labute approximate surface area is 62.0 Å². The van der Waals surface area contributed by atoms with Crippen LogP contribution in [-0.2, 0) is 0 Å². The van der Waals surface area contributed by atoms with Crippen molar-refractivity contribution in [1.29, 1.82) is 0 Å². The molecule has 60 valence electrons. The Kier molecular flexibility index (Phi) is 9.29. The zero-order chi connectivity index (χ0) is 8.57. The Morgan fingerprint density at radius 3 is 1.50 bits per heavy atom. The van der Waals surface area contributed by atoms with Crippen molar-refractivity contribution in [3.63, 3.8) is 0 Å². The van der Waals surface area contributed by atoms with Crippen LogP contribution in [0.5, 0.6) is 0 Å². The molecule has 0 rings (SSSR count). The highest BCUT2D eigenvalue weighted by atomic mass is 15.3. The van der Waals surface area contributed by atoms with E-state index in [1.165, 1.54) is 0 Å². The highest BCUT2D eigenvalue weighted by molar-refractivity contribution is 5.81. The molecule has 0 aromatic carbocycles. The molecule has 0 spiro atoms. The molecule has 0 atom stereocenters. The van der Waals surface area contributed by atoms with Crippen molar-refractivity contribution in [2.24, 2.45) is 21.7 Å². The van der Waals surface area contributed by atoms with Crippen LogP contribution in [0, 0.1) is 0 Å². The van der Waals surface area contributed by atoms with Crippen LogP contribution in [0.2, 0.25) is 0 Å². The first kappa shape index (κ1) is 11.7. The highest BCUT2D eigenvalue weighted by Crippen LogP contribution is 1.73. The van der Waals surface area contributed by atoms with Crippen LogP contribution in [0.3, 0.4) is 0 Å². The summed E-state index contributed by atoms with van der Waals surface area (Å²) in [6, 6.07) is 0. The Morgan fingerprint density at radius 2 is 1.40 bits per heavy atom. The molecule has 4 heteroatoms. The van der Waals surface area contributed by atoms with E-state index in [0.717, 1.165) is 5.71 Å². The number of hydrogen-bond acceptors (Lipinski definition) is 2. The second-order valence-corrected chi connectivity index (χ2v) is 1.57. The molecule has 0 aliphatic rings. The van der Waals surface area contributed by atoms with Gasteiger partial charge in [0.1, 0.15) is 0 Å². The molecule has 4 N–H and O–H groups in total. The van der Waals surface area contributed by atoms with Crippen LogP contribution in [-0.4, -0.2) is 11.7 Å². The van der Waals surface area contributed by atoms with E-state index in [-0.39, 0.29) is 5.96 Å². The molecule has 0 radical (unpaired) electrons. The summed E-state index contributed by atoms with van der Waals surface area (Å²) in [4.78, 5) is 0. The highest BCUT2D eigenvalue weighted by Gasteiger charge is 1.74. The van der Waals surface area contributed by atoms with Crippen LogP contribution in [0.15, 0.2) is 10.2 Å². The van der Waals surface area contributed by atoms with Crippen molar-refractivity contribution in [1.82, 2.24) is 0 Å². The van der Waals surface area contributed by atoms with Crippen molar-refractivity contribution in [2.45, 2.75) is 27.7 Å². The maximum Gasteiger partial charge on any atom is 0.211 e. The van der Waals surface area contributed by atoms with Gasteiger partial charge in [0.15, 0.2) is 0 Å². The largest absolute Gasteiger partial charge is 0.369 e. The van der Waals surface area contributed by atoms with Gasteiger partial charge in [-0.25, -0.2) is 0 Å². The molecule has 0 aliphatic heterocycles. The number of nitrogens with two attached hydrogens (primary N) is 2. The maximum atomic E-state index is 4.96. The minimum Gasteiger partial charge on any atom is -0.369 e. The van der Waals surface area contributed by atoms with E-state index >= 15 is 0 Å². The maximum absolute atomic E-state index is 4.96. The predicted molar refractivity (Wildman–Crippen MR) is 45.9 cm³/mol. The monoisotopic (exact) mass is 144 g/mol. The van der Waals surface area contributed by atoms with E-state index < -0.39 is 0 Å². The van der Waals surface area contributed by atoms with Gasteiger partial charge in [-0.2, -0.15) is 5.10 Å². The number of nitrogens with zero attached hydrogens (tertiary/aromatic N) is 2. The Bertz CT molecular complexity index is 102. The Hall–Kier alpha value is -1.06. The van der Waals surface area contributed by atoms with Gasteiger partial charge in [-0.3, -0.25) is 0 Å². The molecule has 4 nitrogen and oxygen atoms in total. The first-order valence-electron chi connectivity index (χ1n) is 3.22. The van der Waals surface area contributed by atoms with E-state index in [9.17, 15) is 0 Å². The topological polar surface area (TPSA) is 76.8 Å². The van der Waals surface area contributed by atoms with Crippen LogP contribution >= 0.6 is 0 Å². The third-order valence-corrected chi connectivity index (χ3v) is 0.365. The zero-order valence-corrected chi connectivity index (χ0v) is 7.05. The normalized spacial score (nSPS) is 6.80. The molecule has 0 aliphatic carbocycles. The van der Waals surface area contributed by atoms with Gasteiger partial charge in [-0.15, -0.1) is 5.10 Å².